The van der Waals surface area contributed by atoms with Gasteiger partial charge in [0.2, 0.25) is 0 Å². The molecule has 0 N–H and O–H groups in total. The van der Waals surface area contributed by atoms with Crippen LogP contribution in [0.15, 0.2) is 0 Å². The van der Waals surface area contributed by atoms with Crippen LogP contribution in [-0.4, -0.2) is 44.0 Å². The third-order valence-corrected chi connectivity index (χ3v) is 11.8. The molecule has 0 rings (SSSR count). The van der Waals surface area contributed by atoms with E-state index in [4.69, 9.17) is 21.8 Å². The Labute approximate surface area is 171 Å². The second kappa shape index (κ2) is 17.1. The number of hydrogen-bond acceptors (Lipinski definition) is 5. The van der Waals surface area contributed by atoms with Crippen molar-refractivity contribution in [3.63, 3.8) is 0 Å². The van der Waals surface area contributed by atoms with Crippen molar-refractivity contribution < 1.29 is 21.8 Å². The van der Waals surface area contributed by atoms with Crippen molar-refractivity contribution in [2.75, 3.05) is 26.4 Å². The molecular weight excluding hydrogens is 376 g/mol. The molecule has 7 heteroatoms. The zero-order valence-electron chi connectivity index (χ0n) is 18.9. The van der Waals surface area contributed by atoms with E-state index in [1.165, 1.54) is 38.5 Å². The minimum atomic E-state index is -2.81. The molecule has 164 valence electrons. The molecule has 0 amide bonds. The average molecular weight is 423 g/mol. The van der Waals surface area contributed by atoms with E-state index in [2.05, 4.69) is 13.8 Å². The molecule has 0 aromatic rings. The molecule has 0 unspecified atom stereocenters. The van der Waals surface area contributed by atoms with Crippen LogP contribution >= 0.6 is 0 Å². The standard InChI is InChI=1S/C20H46O5Si2/c1-7-13-15-17-19-26(21-9-3,22-10-4)25-27(23-11-5,24-12-6)20-18-16-14-8-2/h7-20H2,1-6H3. The first-order valence-electron chi connectivity index (χ1n) is 11.3. The van der Waals surface area contributed by atoms with Crippen LogP contribution in [0.3, 0.4) is 0 Å². The zero-order valence-corrected chi connectivity index (χ0v) is 20.9. The van der Waals surface area contributed by atoms with E-state index in [0.29, 0.717) is 26.4 Å². The fraction of sp³-hybridized carbons (Fsp3) is 1.00. The van der Waals surface area contributed by atoms with Crippen LogP contribution in [0, 0.1) is 0 Å². The summed E-state index contributed by atoms with van der Waals surface area (Å²) in [6.07, 6.45) is 9.40. The van der Waals surface area contributed by atoms with Gasteiger partial charge in [0.15, 0.2) is 0 Å². The Balaban J connectivity index is 5.35. The van der Waals surface area contributed by atoms with Crippen molar-refractivity contribution in [3.05, 3.63) is 0 Å². The van der Waals surface area contributed by atoms with Gasteiger partial charge >= 0.3 is 17.6 Å². The molecule has 0 heterocycles. The van der Waals surface area contributed by atoms with Crippen LogP contribution in [0.4, 0.5) is 0 Å². The maximum absolute atomic E-state index is 6.74. The van der Waals surface area contributed by atoms with Gasteiger partial charge in [-0.15, -0.1) is 0 Å². The van der Waals surface area contributed by atoms with E-state index in [1.807, 2.05) is 27.7 Å². The normalized spacial score (nSPS) is 12.7. The summed E-state index contributed by atoms with van der Waals surface area (Å²) in [4.78, 5) is 0. The topological polar surface area (TPSA) is 46.2 Å². The predicted octanol–water partition coefficient (Wildman–Crippen LogP) is 6.19. The minimum Gasteiger partial charge on any atom is -0.374 e. The minimum absolute atomic E-state index is 0.596. The van der Waals surface area contributed by atoms with Gasteiger partial charge in [0.1, 0.15) is 0 Å². The zero-order chi connectivity index (χ0) is 20.4. The van der Waals surface area contributed by atoms with Crippen LogP contribution in [0.2, 0.25) is 12.1 Å². The highest BCUT2D eigenvalue weighted by molar-refractivity contribution is 6.75. The van der Waals surface area contributed by atoms with Gasteiger partial charge in [-0.1, -0.05) is 52.4 Å². The van der Waals surface area contributed by atoms with Crippen LogP contribution in [0.1, 0.15) is 92.9 Å². The Kier molecular flexibility index (Phi) is 17.3. The predicted molar refractivity (Wildman–Crippen MR) is 117 cm³/mol. The first-order valence-corrected chi connectivity index (χ1v) is 15.2. The molecular formula is C20H46O5Si2. The van der Waals surface area contributed by atoms with Crippen LogP contribution in [0.5, 0.6) is 0 Å². The van der Waals surface area contributed by atoms with Crippen molar-refractivity contribution in [3.8, 4) is 0 Å². The Morgan fingerprint density at radius 3 is 1.04 bits per heavy atom. The van der Waals surface area contributed by atoms with Crippen molar-refractivity contribution in [2.45, 2.75) is 105 Å². The number of unbranched alkanes of at least 4 members (excludes halogenated alkanes) is 6. The molecule has 0 aliphatic rings. The molecule has 5 nitrogen and oxygen atoms in total. The molecule has 0 saturated heterocycles. The molecule has 27 heavy (non-hydrogen) atoms. The summed E-state index contributed by atoms with van der Waals surface area (Å²) < 4.78 is 31.5. The van der Waals surface area contributed by atoms with Crippen LogP contribution in [0.25, 0.3) is 0 Å². The van der Waals surface area contributed by atoms with Gasteiger partial charge in [0.25, 0.3) is 0 Å². The lowest BCUT2D eigenvalue weighted by Gasteiger charge is -2.38. The SMILES string of the molecule is CCCCCC[Si](OCC)(OCC)O[Si](CCCCCC)(OCC)OCC. The van der Waals surface area contributed by atoms with Gasteiger partial charge in [-0.25, -0.2) is 0 Å². The highest BCUT2D eigenvalue weighted by Crippen LogP contribution is 2.29. The van der Waals surface area contributed by atoms with Crippen molar-refractivity contribution in [1.29, 1.82) is 0 Å². The third kappa shape index (κ3) is 11.7. The Morgan fingerprint density at radius 1 is 0.444 bits per heavy atom. The maximum Gasteiger partial charge on any atom is 0.493 e. The van der Waals surface area contributed by atoms with Crippen molar-refractivity contribution in [2.24, 2.45) is 0 Å². The Morgan fingerprint density at radius 2 is 0.778 bits per heavy atom. The first-order chi connectivity index (χ1) is 13.1. The van der Waals surface area contributed by atoms with Crippen LogP contribution < -0.4 is 0 Å². The summed E-state index contributed by atoms with van der Waals surface area (Å²) in [6, 6.07) is 1.69. The second-order valence-electron chi connectivity index (χ2n) is 6.82. The Hall–Kier alpha value is 0.234. The molecule has 0 aliphatic heterocycles. The van der Waals surface area contributed by atoms with Crippen molar-refractivity contribution in [1.82, 2.24) is 0 Å². The van der Waals surface area contributed by atoms with Gasteiger partial charge in [-0.3, -0.25) is 0 Å². The fourth-order valence-electron chi connectivity index (χ4n) is 3.25. The fourth-order valence-corrected chi connectivity index (χ4v) is 10.8. The van der Waals surface area contributed by atoms with E-state index in [-0.39, 0.29) is 0 Å². The summed E-state index contributed by atoms with van der Waals surface area (Å²) in [5, 5.41) is 0. The van der Waals surface area contributed by atoms with Crippen LogP contribution in [-0.2, 0) is 21.8 Å². The van der Waals surface area contributed by atoms with Gasteiger partial charge < -0.3 is 21.8 Å². The molecule has 0 saturated carbocycles. The van der Waals surface area contributed by atoms with E-state index >= 15 is 0 Å². The monoisotopic (exact) mass is 422 g/mol. The largest absolute Gasteiger partial charge is 0.493 e. The molecule has 0 bridgehead atoms. The molecule has 0 aliphatic carbocycles. The summed E-state index contributed by atoms with van der Waals surface area (Å²) >= 11 is 0. The Bertz CT molecular complexity index is 289. The molecule has 0 radical (unpaired) electrons. The number of rotatable bonds is 20. The van der Waals surface area contributed by atoms with E-state index in [0.717, 1.165) is 24.9 Å². The van der Waals surface area contributed by atoms with E-state index in [9.17, 15) is 0 Å². The first kappa shape index (κ1) is 27.2. The average Bonchev–Trinajstić information content (AvgIpc) is 2.63. The maximum atomic E-state index is 6.74. The lowest BCUT2D eigenvalue weighted by Crippen LogP contribution is -2.59. The molecule has 0 aromatic heterocycles. The quantitative estimate of drug-likeness (QED) is 0.173. The lowest BCUT2D eigenvalue weighted by atomic mass is 10.2. The van der Waals surface area contributed by atoms with E-state index < -0.39 is 17.6 Å². The van der Waals surface area contributed by atoms with Gasteiger partial charge in [-0.05, 0) is 40.5 Å². The smallest absolute Gasteiger partial charge is 0.374 e. The third-order valence-electron chi connectivity index (χ3n) is 4.44. The molecule has 0 fully saturated rings. The second-order valence-corrected chi connectivity index (χ2v) is 12.5. The highest BCUT2D eigenvalue weighted by Gasteiger charge is 2.52. The molecule has 0 spiro atoms. The van der Waals surface area contributed by atoms with Gasteiger partial charge in [-0.2, -0.15) is 0 Å². The molecule has 0 atom stereocenters. The lowest BCUT2D eigenvalue weighted by molar-refractivity contribution is 0.0487. The van der Waals surface area contributed by atoms with Crippen molar-refractivity contribution >= 4 is 17.6 Å². The summed E-state index contributed by atoms with van der Waals surface area (Å²) in [6.45, 7) is 14.9. The van der Waals surface area contributed by atoms with Gasteiger partial charge in [0.05, 0.1) is 0 Å². The highest BCUT2D eigenvalue weighted by atomic mass is 28.5. The number of hydrogen-bond donors (Lipinski definition) is 0. The van der Waals surface area contributed by atoms with E-state index in [1.54, 1.807) is 0 Å². The summed E-state index contributed by atoms with van der Waals surface area (Å²) in [5.74, 6) is 0. The molecule has 0 aromatic carbocycles. The van der Waals surface area contributed by atoms with Gasteiger partial charge in [0, 0.05) is 38.5 Å². The summed E-state index contributed by atoms with van der Waals surface area (Å²) in [7, 11) is -5.62. The summed E-state index contributed by atoms with van der Waals surface area (Å²) in [5.41, 5.74) is 0.